The van der Waals surface area contributed by atoms with Gasteiger partial charge in [-0.3, -0.25) is 0 Å². The van der Waals surface area contributed by atoms with Crippen molar-refractivity contribution in [3.63, 3.8) is 0 Å². The van der Waals surface area contributed by atoms with Crippen LogP contribution in [0, 0.1) is 5.92 Å². The van der Waals surface area contributed by atoms with Gasteiger partial charge in [-0.25, -0.2) is 0 Å². The van der Waals surface area contributed by atoms with Crippen LogP contribution in [-0.2, 0) is 6.54 Å². The van der Waals surface area contributed by atoms with E-state index in [-0.39, 0.29) is 0 Å². The summed E-state index contributed by atoms with van der Waals surface area (Å²) in [6.07, 6.45) is 4.45. The van der Waals surface area contributed by atoms with Gasteiger partial charge >= 0.3 is 0 Å². The molecule has 1 N–H and O–H groups in total. The molecule has 2 aromatic rings. The fourth-order valence-corrected chi connectivity index (χ4v) is 3.28. The highest BCUT2D eigenvalue weighted by Gasteiger charge is 2.24. The van der Waals surface area contributed by atoms with Crippen LogP contribution in [0.15, 0.2) is 42.7 Å². The minimum Gasteiger partial charge on any atom is -0.493 e. The molecule has 1 aromatic carbocycles. The van der Waals surface area contributed by atoms with E-state index in [9.17, 15) is 0 Å². The Labute approximate surface area is 126 Å². The lowest BCUT2D eigenvalue weighted by atomic mass is 9.99. The molecule has 2 atom stereocenters. The van der Waals surface area contributed by atoms with Gasteiger partial charge in [0.1, 0.15) is 5.75 Å². The van der Waals surface area contributed by atoms with Gasteiger partial charge in [-0.2, -0.15) is 0 Å². The van der Waals surface area contributed by atoms with Crippen molar-refractivity contribution in [3.8, 4) is 5.75 Å². The Balaban J connectivity index is 1.74. The standard InChI is InChI=1S/C18H24N2O/c1-13(2)18(19-3)14-8-9-20(10-14)11-15-12-21-17-7-5-4-6-16(15)17/h4-10,13,15,18-19H,11-12H2,1-3H3. The largest absolute Gasteiger partial charge is 0.493 e. The van der Waals surface area contributed by atoms with E-state index < -0.39 is 0 Å². The molecule has 1 aromatic heterocycles. The smallest absolute Gasteiger partial charge is 0.122 e. The highest BCUT2D eigenvalue weighted by atomic mass is 16.5. The minimum atomic E-state index is 0.415. The first kappa shape index (κ1) is 14.2. The van der Waals surface area contributed by atoms with Crippen molar-refractivity contribution in [1.82, 2.24) is 9.88 Å². The molecule has 0 saturated heterocycles. The molecule has 21 heavy (non-hydrogen) atoms. The molecule has 3 heteroatoms. The average molecular weight is 284 g/mol. The molecule has 2 heterocycles. The van der Waals surface area contributed by atoms with Crippen molar-refractivity contribution in [2.45, 2.75) is 32.4 Å². The van der Waals surface area contributed by atoms with E-state index in [1.54, 1.807) is 0 Å². The zero-order chi connectivity index (χ0) is 14.8. The average Bonchev–Trinajstić information content (AvgIpc) is 3.08. The molecule has 3 nitrogen and oxygen atoms in total. The van der Waals surface area contributed by atoms with E-state index in [2.05, 4.69) is 60.4 Å². The summed E-state index contributed by atoms with van der Waals surface area (Å²) in [7, 11) is 2.03. The highest BCUT2D eigenvalue weighted by Crippen LogP contribution is 2.34. The number of nitrogens with one attached hydrogen (secondary N) is 1. The zero-order valence-electron chi connectivity index (χ0n) is 13.0. The molecule has 3 rings (SSSR count). The van der Waals surface area contributed by atoms with Crippen molar-refractivity contribution in [1.29, 1.82) is 0 Å². The first-order valence-electron chi connectivity index (χ1n) is 7.73. The number of aromatic nitrogens is 1. The number of rotatable bonds is 5. The fourth-order valence-electron chi connectivity index (χ4n) is 3.28. The summed E-state index contributed by atoms with van der Waals surface area (Å²) < 4.78 is 8.06. The summed E-state index contributed by atoms with van der Waals surface area (Å²) in [6.45, 7) is 6.26. The number of para-hydroxylation sites is 1. The van der Waals surface area contributed by atoms with Crippen molar-refractivity contribution < 1.29 is 4.74 Å². The van der Waals surface area contributed by atoms with Gasteiger partial charge in [-0.1, -0.05) is 32.0 Å². The van der Waals surface area contributed by atoms with Crippen molar-refractivity contribution in [2.24, 2.45) is 5.92 Å². The molecule has 0 aliphatic carbocycles. The van der Waals surface area contributed by atoms with Crippen LogP contribution in [-0.4, -0.2) is 18.2 Å². The third kappa shape index (κ3) is 2.84. The molecule has 2 unspecified atom stereocenters. The molecule has 0 fully saturated rings. The molecule has 0 radical (unpaired) electrons. The van der Waals surface area contributed by atoms with Crippen molar-refractivity contribution >= 4 is 0 Å². The monoisotopic (exact) mass is 284 g/mol. The number of benzene rings is 1. The first-order valence-corrected chi connectivity index (χ1v) is 7.73. The van der Waals surface area contributed by atoms with Gasteiger partial charge in [0.25, 0.3) is 0 Å². The molecule has 1 aliphatic heterocycles. The van der Waals surface area contributed by atoms with Crippen molar-refractivity contribution in [3.05, 3.63) is 53.9 Å². The maximum atomic E-state index is 5.77. The third-order valence-electron chi connectivity index (χ3n) is 4.34. The normalized spacial score (nSPS) is 18.6. The molecule has 0 saturated carbocycles. The van der Waals surface area contributed by atoms with Gasteiger partial charge < -0.3 is 14.6 Å². The van der Waals surface area contributed by atoms with Gasteiger partial charge in [0, 0.05) is 36.5 Å². The second-order valence-electron chi connectivity index (χ2n) is 6.20. The minimum absolute atomic E-state index is 0.415. The molecule has 0 spiro atoms. The van der Waals surface area contributed by atoms with Crippen molar-refractivity contribution in [2.75, 3.05) is 13.7 Å². The van der Waals surface area contributed by atoms with E-state index in [0.717, 1.165) is 18.9 Å². The van der Waals surface area contributed by atoms with Crippen LogP contribution in [0.5, 0.6) is 5.75 Å². The van der Waals surface area contributed by atoms with E-state index in [0.29, 0.717) is 17.9 Å². The van der Waals surface area contributed by atoms with Gasteiger partial charge in [0.05, 0.1) is 6.61 Å². The van der Waals surface area contributed by atoms with Crippen LogP contribution in [0.2, 0.25) is 0 Å². The number of hydrogen-bond acceptors (Lipinski definition) is 2. The number of nitrogens with zero attached hydrogens (tertiary/aromatic N) is 1. The number of ether oxygens (including phenoxy) is 1. The van der Waals surface area contributed by atoms with E-state index in [4.69, 9.17) is 4.74 Å². The second kappa shape index (κ2) is 5.94. The predicted molar refractivity (Wildman–Crippen MR) is 85.7 cm³/mol. The Morgan fingerprint density at radius 3 is 2.86 bits per heavy atom. The SMILES string of the molecule is CNC(c1ccn(CC2COc3ccccc32)c1)C(C)C. The zero-order valence-corrected chi connectivity index (χ0v) is 13.0. The molecular formula is C18H24N2O. The topological polar surface area (TPSA) is 26.2 Å². The van der Waals surface area contributed by atoms with Crippen LogP contribution >= 0.6 is 0 Å². The summed E-state index contributed by atoms with van der Waals surface area (Å²) in [6, 6.07) is 11.0. The fraction of sp³-hybridized carbons (Fsp3) is 0.444. The van der Waals surface area contributed by atoms with E-state index in [1.807, 2.05) is 13.1 Å². The Morgan fingerprint density at radius 1 is 1.29 bits per heavy atom. The quantitative estimate of drug-likeness (QED) is 0.908. The van der Waals surface area contributed by atoms with Gasteiger partial charge in [0.15, 0.2) is 0 Å². The van der Waals surface area contributed by atoms with Crippen LogP contribution in [0.4, 0.5) is 0 Å². The number of hydrogen-bond donors (Lipinski definition) is 1. The predicted octanol–water partition coefficient (Wildman–Crippen LogP) is 3.58. The summed E-state index contributed by atoms with van der Waals surface area (Å²) >= 11 is 0. The lowest BCUT2D eigenvalue weighted by molar-refractivity contribution is 0.319. The molecule has 112 valence electrons. The van der Waals surface area contributed by atoms with E-state index in [1.165, 1.54) is 11.1 Å². The molecule has 1 aliphatic rings. The van der Waals surface area contributed by atoms with Gasteiger partial charge in [-0.15, -0.1) is 0 Å². The lowest BCUT2D eigenvalue weighted by Gasteiger charge is -2.19. The van der Waals surface area contributed by atoms with Crippen LogP contribution in [0.3, 0.4) is 0 Å². The summed E-state index contributed by atoms with van der Waals surface area (Å²) in [5.74, 6) is 2.08. The Kier molecular flexibility index (Phi) is 4.02. The second-order valence-corrected chi connectivity index (χ2v) is 6.20. The summed E-state index contributed by atoms with van der Waals surface area (Å²) in [5.41, 5.74) is 2.70. The Bertz CT molecular complexity index is 603. The first-order chi connectivity index (χ1) is 10.2. The summed E-state index contributed by atoms with van der Waals surface area (Å²) in [5, 5.41) is 3.40. The van der Waals surface area contributed by atoms with E-state index >= 15 is 0 Å². The van der Waals surface area contributed by atoms with Crippen LogP contribution < -0.4 is 10.1 Å². The summed E-state index contributed by atoms with van der Waals surface area (Å²) in [4.78, 5) is 0. The molecular weight excluding hydrogens is 260 g/mol. The Morgan fingerprint density at radius 2 is 2.10 bits per heavy atom. The van der Waals surface area contributed by atoms with Crippen LogP contribution in [0.1, 0.15) is 36.9 Å². The Hall–Kier alpha value is -1.74. The van der Waals surface area contributed by atoms with Gasteiger partial charge in [0.2, 0.25) is 0 Å². The van der Waals surface area contributed by atoms with Gasteiger partial charge in [-0.05, 0) is 30.7 Å². The maximum absolute atomic E-state index is 5.77. The molecule has 0 bridgehead atoms. The molecule has 0 amide bonds. The highest BCUT2D eigenvalue weighted by molar-refractivity contribution is 5.39. The third-order valence-corrected chi connectivity index (χ3v) is 4.34. The lowest BCUT2D eigenvalue weighted by Crippen LogP contribution is -2.21. The van der Waals surface area contributed by atoms with Crippen LogP contribution in [0.25, 0.3) is 0 Å². The number of fused-ring (bicyclic) bond motifs is 1. The maximum Gasteiger partial charge on any atom is 0.122 e.